The van der Waals surface area contributed by atoms with Gasteiger partial charge >= 0.3 is 5.97 Å². The van der Waals surface area contributed by atoms with Gasteiger partial charge in [0.1, 0.15) is 11.3 Å². The van der Waals surface area contributed by atoms with E-state index in [0.717, 1.165) is 34.8 Å². The van der Waals surface area contributed by atoms with E-state index in [9.17, 15) is 4.79 Å². The fraction of sp³-hybridized carbons (Fsp3) is 0.318. The van der Waals surface area contributed by atoms with Gasteiger partial charge in [0.15, 0.2) is 5.65 Å². The Morgan fingerprint density at radius 3 is 2.63 bits per heavy atom. The average Bonchev–Trinajstić information content (AvgIpc) is 3.44. The number of hydrogen-bond acceptors (Lipinski definition) is 4. The van der Waals surface area contributed by atoms with Crippen molar-refractivity contribution in [2.45, 2.75) is 39.2 Å². The van der Waals surface area contributed by atoms with Gasteiger partial charge in [0.05, 0.1) is 13.7 Å². The van der Waals surface area contributed by atoms with Gasteiger partial charge in [-0.2, -0.15) is 0 Å². The Kier molecular flexibility index (Phi) is 4.52. The average molecular weight is 361 g/mol. The summed E-state index contributed by atoms with van der Waals surface area (Å²) in [4.78, 5) is 20.9. The monoisotopic (exact) mass is 361 g/mol. The van der Waals surface area contributed by atoms with Gasteiger partial charge in [-0.1, -0.05) is 24.3 Å². The molecule has 5 nitrogen and oxygen atoms in total. The lowest BCUT2D eigenvalue weighted by molar-refractivity contribution is -0.134. The Morgan fingerprint density at radius 2 is 1.96 bits per heavy atom. The van der Waals surface area contributed by atoms with E-state index >= 15 is 0 Å². The molecule has 1 aromatic carbocycles. The van der Waals surface area contributed by atoms with Gasteiger partial charge in [0.2, 0.25) is 0 Å². The first-order valence-electron chi connectivity index (χ1n) is 9.24. The highest BCUT2D eigenvalue weighted by Crippen LogP contribution is 2.41. The number of methoxy groups -OCH3 is 1. The van der Waals surface area contributed by atoms with E-state index in [4.69, 9.17) is 9.97 Å². The number of pyridine rings is 1. The minimum atomic E-state index is -0.352. The largest absolute Gasteiger partial charge is 0.466 e. The van der Waals surface area contributed by atoms with Crippen LogP contribution >= 0.6 is 0 Å². The van der Waals surface area contributed by atoms with Crippen LogP contribution < -0.4 is 0 Å². The van der Waals surface area contributed by atoms with Gasteiger partial charge in [-0.05, 0) is 55.5 Å². The molecule has 1 aliphatic rings. The maximum atomic E-state index is 11.2. The Bertz CT molecular complexity index is 1030. The lowest BCUT2D eigenvalue weighted by Gasteiger charge is -2.09. The molecule has 0 amide bonds. The number of imidazole rings is 1. The lowest BCUT2D eigenvalue weighted by atomic mass is 10.1. The molecule has 4 rings (SSSR count). The highest BCUT2D eigenvalue weighted by molar-refractivity contribution is 5.86. The zero-order valence-electron chi connectivity index (χ0n) is 15.9. The molecular weight excluding hydrogens is 338 g/mol. The minimum absolute atomic E-state index is 0.352. The third-order valence-electron chi connectivity index (χ3n) is 4.93. The van der Waals surface area contributed by atoms with Crippen molar-refractivity contribution in [1.29, 1.82) is 0 Å². The van der Waals surface area contributed by atoms with Crippen LogP contribution in [0.4, 0.5) is 0 Å². The number of hydrogen-bond donors (Lipinski definition) is 0. The van der Waals surface area contributed by atoms with E-state index in [0.29, 0.717) is 5.92 Å². The molecule has 0 atom stereocenters. The third-order valence-corrected chi connectivity index (χ3v) is 4.93. The molecule has 1 fully saturated rings. The summed E-state index contributed by atoms with van der Waals surface area (Å²) < 4.78 is 6.89. The van der Waals surface area contributed by atoms with Crippen molar-refractivity contribution in [2.75, 3.05) is 7.11 Å². The number of rotatable bonds is 5. The van der Waals surface area contributed by atoms with Gasteiger partial charge in [-0.3, -0.25) is 0 Å². The summed E-state index contributed by atoms with van der Waals surface area (Å²) in [7, 11) is 1.38. The first kappa shape index (κ1) is 17.5. The van der Waals surface area contributed by atoms with Crippen LogP contribution in [0.3, 0.4) is 0 Å². The van der Waals surface area contributed by atoms with Gasteiger partial charge < -0.3 is 9.30 Å². The summed E-state index contributed by atoms with van der Waals surface area (Å²) in [5.74, 6) is 1.36. The molecule has 1 saturated carbocycles. The van der Waals surface area contributed by atoms with E-state index in [1.54, 1.807) is 6.08 Å². The van der Waals surface area contributed by atoms with Crippen LogP contribution in [0.1, 0.15) is 47.0 Å². The van der Waals surface area contributed by atoms with E-state index < -0.39 is 0 Å². The fourth-order valence-corrected chi connectivity index (χ4v) is 3.38. The molecule has 0 N–H and O–H groups in total. The summed E-state index contributed by atoms with van der Waals surface area (Å²) >= 11 is 0. The molecule has 3 aromatic rings. The summed E-state index contributed by atoms with van der Waals surface area (Å²) in [5, 5.41) is 0. The van der Waals surface area contributed by atoms with Gasteiger partial charge in [-0.25, -0.2) is 14.8 Å². The third kappa shape index (κ3) is 3.63. The lowest BCUT2D eigenvalue weighted by Crippen LogP contribution is -2.05. The van der Waals surface area contributed by atoms with Gasteiger partial charge in [-0.15, -0.1) is 0 Å². The molecule has 0 bridgehead atoms. The zero-order valence-corrected chi connectivity index (χ0v) is 15.9. The summed E-state index contributed by atoms with van der Waals surface area (Å²) in [6.45, 7) is 4.88. The topological polar surface area (TPSA) is 57.0 Å². The van der Waals surface area contributed by atoms with Crippen LogP contribution in [0.5, 0.6) is 0 Å². The smallest absolute Gasteiger partial charge is 0.330 e. The first-order valence-corrected chi connectivity index (χ1v) is 9.24. The Balaban J connectivity index is 1.66. The fourth-order valence-electron chi connectivity index (χ4n) is 3.38. The van der Waals surface area contributed by atoms with Crippen LogP contribution in [0.15, 0.2) is 36.4 Å². The van der Waals surface area contributed by atoms with Crippen LogP contribution in [-0.2, 0) is 16.1 Å². The summed E-state index contributed by atoms with van der Waals surface area (Å²) in [6.07, 6.45) is 5.60. The Labute approximate surface area is 158 Å². The molecular formula is C22H23N3O2. The number of benzene rings is 1. The van der Waals surface area contributed by atoms with E-state index in [1.165, 1.54) is 37.2 Å². The molecule has 2 aromatic heterocycles. The predicted octanol–water partition coefficient (Wildman–Crippen LogP) is 4.16. The molecule has 0 unspecified atom stereocenters. The second kappa shape index (κ2) is 6.99. The second-order valence-corrected chi connectivity index (χ2v) is 7.18. The number of carbonyl (C=O) groups is 1. The molecule has 0 saturated heterocycles. The van der Waals surface area contributed by atoms with Crippen molar-refractivity contribution in [3.05, 3.63) is 64.6 Å². The minimum Gasteiger partial charge on any atom is -0.466 e. The van der Waals surface area contributed by atoms with Gasteiger partial charge in [0, 0.05) is 17.7 Å². The molecule has 2 heterocycles. The number of carbonyl (C=O) groups excluding carboxylic acids is 1. The second-order valence-electron chi connectivity index (χ2n) is 7.18. The summed E-state index contributed by atoms with van der Waals surface area (Å²) in [5.41, 5.74) is 6.34. The molecule has 27 heavy (non-hydrogen) atoms. The Morgan fingerprint density at radius 1 is 1.22 bits per heavy atom. The van der Waals surface area contributed by atoms with Crippen molar-refractivity contribution in [2.24, 2.45) is 0 Å². The molecule has 1 aliphatic carbocycles. The number of ether oxygens (including phenoxy) is 1. The van der Waals surface area contributed by atoms with Crippen LogP contribution in [-0.4, -0.2) is 27.6 Å². The standard InChI is InChI=1S/C22H23N3O2/c1-14-12-15(2)23-22-20(14)24-21(18-9-10-18)25(22)13-17-6-4-16(5-7-17)8-11-19(26)27-3/h4-8,11-12,18H,9-10,13H2,1-3H3. The SMILES string of the molecule is COC(=O)C=Cc1ccc(Cn2c(C3CC3)nc3c(C)cc(C)nc32)cc1. The van der Waals surface area contributed by atoms with Gasteiger partial charge in [0.25, 0.3) is 0 Å². The van der Waals surface area contributed by atoms with E-state index in [-0.39, 0.29) is 5.97 Å². The van der Waals surface area contributed by atoms with Crippen LogP contribution in [0, 0.1) is 13.8 Å². The maximum Gasteiger partial charge on any atom is 0.330 e. The highest BCUT2D eigenvalue weighted by atomic mass is 16.5. The summed E-state index contributed by atoms with van der Waals surface area (Å²) in [6, 6.07) is 10.3. The van der Waals surface area contributed by atoms with Crippen molar-refractivity contribution in [1.82, 2.24) is 14.5 Å². The molecule has 0 aliphatic heterocycles. The highest BCUT2D eigenvalue weighted by Gasteiger charge is 2.30. The molecule has 5 heteroatoms. The zero-order chi connectivity index (χ0) is 19.0. The Hall–Kier alpha value is -2.95. The molecule has 0 spiro atoms. The van der Waals surface area contributed by atoms with Crippen molar-refractivity contribution in [3.8, 4) is 0 Å². The number of aromatic nitrogens is 3. The van der Waals surface area contributed by atoms with E-state index in [1.807, 2.05) is 19.1 Å². The van der Waals surface area contributed by atoms with E-state index in [2.05, 4.69) is 34.4 Å². The van der Waals surface area contributed by atoms with Crippen molar-refractivity contribution < 1.29 is 9.53 Å². The van der Waals surface area contributed by atoms with Crippen LogP contribution in [0.25, 0.3) is 17.2 Å². The first-order chi connectivity index (χ1) is 13.0. The number of nitrogens with zero attached hydrogens (tertiary/aromatic N) is 3. The van der Waals surface area contributed by atoms with Crippen molar-refractivity contribution in [3.63, 3.8) is 0 Å². The normalized spacial score (nSPS) is 14.2. The number of fused-ring (bicyclic) bond motifs is 1. The predicted molar refractivity (Wildman–Crippen MR) is 106 cm³/mol. The number of aryl methyl sites for hydroxylation is 2. The molecule has 0 radical (unpaired) electrons. The number of esters is 1. The van der Waals surface area contributed by atoms with Crippen molar-refractivity contribution >= 4 is 23.2 Å². The maximum absolute atomic E-state index is 11.2. The quantitative estimate of drug-likeness (QED) is 0.506. The van der Waals surface area contributed by atoms with Crippen LogP contribution in [0.2, 0.25) is 0 Å². The molecule has 138 valence electrons.